The van der Waals surface area contributed by atoms with Gasteiger partial charge in [0.15, 0.2) is 0 Å². The van der Waals surface area contributed by atoms with Crippen LogP contribution in [0.25, 0.3) is 0 Å². The number of carboxylic acids is 1. The van der Waals surface area contributed by atoms with Crippen LogP contribution in [0.5, 0.6) is 0 Å². The highest BCUT2D eigenvalue weighted by Gasteiger charge is 2.46. The smallest absolute Gasteiger partial charge is 0.307 e. The van der Waals surface area contributed by atoms with Crippen molar-refractivity contribution in [2.24, 2.45) is 5.92 Å². The first kappa shape index (κ1) is 11.7. The van der Waals surface area contributed by atoms with Crippen molar-refractivity contribution >= 4 is 23.4 Å². The molecule has 0 amide bonds. The second-order valence-corrected chi connectivity index (χ2v) is 5.28. The monoisotopic (exact) mass is 267 g/mol. The molecule has 18 heavy (non-hydrogen) atoms. The van der Waals surface area contributed by atoms with Crippen molar-refractivity contribution in [3.8, 4) is 0 Å². The van der Waals surface area contributed by atoms with E-state index in [1.807, 2.05) is 0 Å². The van der Waals surface area contributed by atoms with Crippen LogP contribution in [-0.4, -0.2) is 34.1 Å². The number of hydrogen-bond acceptors (Lipinski definition) is 4. The zero-order valence-corrected chi connectivity index (χ0v) is 10.6. The molecule has 0 aromatic carbocycles. The lowest BCUT2D eigenvalue weighted by molar-refractivity contribution is -0.138. The third-order valence-corrected chi connectivity index (χ3v) is 3.76. The quantitative estimate of drug-likeness (QED) is 0.848. The number of carboxylic acid groups (broad SMARTS) is 1. The van der Waals surface area contributed by atoms with Crippen LogP contribution in [0.15, 0.2) is 6.07 Å². The van der Waals surface area contributed by atoms with Crippen molar-refractivity contribution in [1.82, 2.24) is 9.97 Å². The predicted octanol–water partition coefficient (Wildman–Crippen LogP) is 1.92. The molecule has 2 fully saturated rings. The number of carbonyl (C=O) groups is 1. The van der Waals surface area contributed by atoms with E-state index in [-0.39, 0.29) is 11.8 Å². The van der Waals surface area contributed by atoms with Gasteiger partial charge in [-0.05, 0) is 19.3 Å². The fourth-order valence-corrected chi connectivity index (χ4v) is 2.63. The summed E-state index contributed by atoms with van der Waals surface area (Å²) in [5.74, 6) is 0.235. The molecule has 3 rings (SSSR count). The summed E-state index contributed by atoms with van der Waals surface area (Å²) in [7, 11) is 0. The Morgan fingerprint density at radius 3 is 2.72 bits per heavy atom. The lowest BCUT2D eigenvalue weighted by Crippen LogP contribution is -2.19. The molecule has 0 radical (unpaired) electrons. The molecule has 2 unspecified atom stereocenters. The van der Waals surface area contributed by atoms with E-state index in [0.717, 1.165) is 31.7 Å². The fraction of sp³-hybridized carbons (Fsp3) is 0.583. The summed E-state index contributed by atoms with van der Waals surface area (Å²) >= 11 is 6.00. The number of hydrogen-bond donors (Lipinski definition) is 1. The summed E-state index contributed by atoms with van der Waals surface area (Å²) < 4.78 is 0. The number of anilines is 1. The van der Waals surface area contributed by atoms with Crippen molar-refractivity contribution in [2.45, 2.75) is 25.2 Å². The summed E-state index contributed by atoms with van der Waals surface area (Å²) in [6.07, 6.45) is 2.95. The van der Waals surface area contributed by atoms with Crippen LogP contribution in [0.2, 0.25) is 5.15 Å². The maximum Gasteiger partial charge on any atom is 0.307 e. The number of halogens is 1. The van der Waals surface area contributed by atoms with E-state index in [4.69, 9.17) is 16.7 Å². The van der Waals surface area contributed by atoms with Crippen LogP contribution in [-0.2, 0) is 4.79 Å². The Bertz CT molecular complexity index is 488. The second-order valence-electron chi connectivity index (χ2n) is 4.89. The molecular formula is C12H14ClN3O2. The summed E-state index contributed by atoms with van der Waals surface area (Å²) in [4.78, 5) is 21.7. The van der Waals surface area contributed by atoms with Gasteiger partial charge in [0.05, 0.1) is 5.92 Å². The maximum atomic E-state index is 10.9. The van der Waals surface area contributed by atoms with Crippen LogP contribution in [0.4, 0.5) is 5.82 Å². The summed E-state index contributed by atoms with van der Waals surface area (Å²) in [5, 5.41) is 9.34. The molecule has 96 valence electrons. The van der Waals surface area contributed by atoms with Gasteiger partial charge in [0.1, 0.15) is 16.8 Å². The molecule has 1 aromatic heterocycles. The maximum absolute atomic E-state index is 10.9. The minimum atomic E-state index is -0.772. The molecule has 1 N–H and O–H groups in total. The van der Waals surface area contributed by atoms with E-state index in [1.165, 1.54) is 0 Å². The van der Waals surface area contributed by atoms with Crippen molar-refractivity contribution < 1.29 is 9.90 Å². The van der Waals surface area contributed by atoms with Gasteiger partial charge in [0.25, 0.3) is 0 Å². The van der Waals surface area contributed by atoms with E-state index in [0.29, 0.717) is 17.4 Å². The van der Waals surface area contributed by atoms with E-state index in [9.17, 15) is 4.79 Å². The van der Waals surface area contributed by atoms with Gasteiger partial charge in [0.2, 0.25) is 0 Å². The molecule has 2 aliphatic rings. The topological polar surface area (TPSA) is 66.3 Å². The molecule has 2 heterocycles. The first-order chi connectivity index (χ1) is 8.65. The van der Waals surface area contributed by atoms with Gasteiger partial charge in [-0.2, -0.15) is 0 Å². The van der Waals surface area contributed by atoms with Gasteiger partial charge in [0, 0.05) is 25.1 Å². The van der Waals surface area contributed by atoms with Gasteiger partial charge in [-0.25, -0.2) is 9.97 Å². The molecule has 2 atom stereocenters. The van der Waals surface area contributed by atoms with Gasteiger partial charge < -0.3 is 10.0 Å². The van der Waals surface area contributed by atoms with Crippen LogP contribution in [0, 0.1) is 5.92 Å². The zero-order valence-electron chi connectivity index (χ0n) is 9.84. The Labute approximate surface area is 110 Å². The van der Waals surface area contributed by atoms with E-state index >= 15 is 0 Å². The average Bonchev–Trinajstić information content (AvgIpc) is 2.95. The Morgan fingerprint density at radius 2 is 2.11 bits per heavy atom. The zero-order chi connectivity index (χ0) is 12.7. The number of aromatic nitrogens is 2. The number of nitrogens with zero attached hydrogens (tertiary/aromatic N) is 3. The second kappa shape index (κ2) is 4.39. The third kappa shape index (κ3) is 2.14. The van der Waals surface area contributed by atoms with Gasteiger partial charge in [-0.15, -0.1) is 0 Å². The van der Waals surface area contributed by atoms with Gasteiger partial charge >= 0.3 is 5.97 Å². The molecule has 1 aliphatic heterocycles. The van der Waals surface area contributed by atoms with Crippen molar-refractivity contribution in [2.75, 3.05) is 18.0 Å². The van der Waals surface area contributed by atoms with Gasteiger partial charge in [-0.3, -0.25) is 4.79 Å². The van der Waals surface area contributed by atoms with Crippen molar-refractivity contribution in [3.05, 3.63) is 17.0 Å². The fourth-order valence-electron chi connectivity index (χ4n) is 2.45. The van der Waals surface area contributed by atoms with Gasteiger partial charge in [-0.1, -0.05) is 11.6 Å². The molecule has 1 saturated carbocycles. The van der Waals surface area contributed by atoms with Crippen LogP contribution in [0.3, 0.4) is 0 Å². The van der Waals surface area contributed by atoms with Crippen LogP contribution >= 0.6 is 11.6 Å². The summed E-state index contributed by atoms with van der Waals surface area (Å²) in [6, 6.07) is 1.76. The van der Waals surface area contributed by atoms with E-state index < -0.39 is 5.97 Å². The molecule has 0 bridgehead atoms. The molecule has 6 heteroatoms. The lowest BCUT2D eigenvalue weighted by Gasteiger charge is -2.17. The summed E-state index contributed by atoms with van der Waals surface area (Å²) in [6.45, 7) is 1.97. The van der Waals surface area contributed by atoms with Crippen LogP contribution < -0.4 is 4.90 Å². The highest BCUT2D eigenvalue weighted by molar-refractivity contribution is 6.29. The number of aliphatic carboxylic acids is 1. The largest absolute Gasteiger partial charge is 0.481 e. The summed E-state index contributed by atoms with van der Waals surface area (Å²) in [5.41, 5.74) is 0. The Hall–Kier alpha value is -1.36. The van der Waals surface area contributed by atoms with E-state index in [1.54, 1.807) is 6.07 Å². The minimum Gasteiger partial charge on any atom is -0.481 e. The SMILES string of the molecule is O=C(O)C1CC1c1nc(Cl)cc(N2CCCC2)n1. The minimum absolute atomic E-state index is 0.0671. The predicted molar refractivity (Wildman–Crippen MR) is 67.0 cm³/mol. The normalized spacial score (nSPS) is 26.4. The Balaban J connectivity index is 1.85. The molecule has 5 nitrogen and oxygen atoms in total. The highest BCUT2D eigenvalue weighted by Crippen LogP contribution is 2.46. The Kier molecular flexibility index (Phi) is 2.86. The first-order valence-electron chi connectivity index (χ1n) is 6.17. The molecule has 1 aliphatic carbocycles. The Morgan fingerprint density at radius 1 is 1.39 bits per heavy atom. The highest BCUT2D eigenvalue weighted by atomic mass is 35.5. The van der Waals surface area contributed by atoms with Crippen molar-refractivity contribution in [1.29, 1.82) is 0 Å². The average molecular weight is 268 g/mol. The lowest BCUT2D eigenvalue weighted by atomic mass is 10.3. The molecule has 1 saturated heterocycles. The third-order valence-electron chi connectivity index (χ3n) is 3.57. The van der Waals surface area contributed by atoms with Crippen molar-refractivity contribution in [3.63, 3.8) is 0 Å². The standard InChI is InChI=1S/C12H14ClN3O2/c13-9-6-10(16-3-1-2-4-16)15-11(14-9)7-5-8(7)12(17)18/h6-8H,1-5H2,(H,17,18). The molecule has 0 spiro atoms. The molecule has 1 aromatic rings. The van der Waals surface area contributed by atoms with E-state index in [2.05, 4.69) is 14.9 Å². The number of rotatable bonds is 3. The molecular weight excluding hydrogens is 254 g/mol. The first-order valence-corrected chi connectivity index (χ1v) is 6.55. The van der Waals surface area contributed by atoms with Crippen LogP contribution in [0.1, 0.15) is 31.0 Å².